The summed E-state index contributed by atoms with van der Waals surface area (Å²) in [6, 6.07) is 9.44. The first kappa shape index (κ1) is 16.2. The molecule has 0 bridgehead atoms. The second kappa shape index (κ2) is 6.47. The number of amides is 2. The van der Waals surface area contributed by atoms with Crippen molar-refractivity contribution in [2.75, 3.05) is 13.7 Å². The molecule has 1 aromatic carbocycles. The minimum Gasteiger partial charge on any atom is -0.481 e. The zero-order valence-corrected chi connectivity index (χ0v) is 13.9. The zero-order chi connectivity index (χ0) is 17.3. The molecule has 1 aromatic heterocycles. The van der Waals surface area contributed by atoms with Crippen molar-refractivity contribution in [2.24, 2.45) is 11.7 Å². The minimum absolute atomic E-state index is 0.0485. The summed E-state index contributed by atoms with van der Waals surface area (Å²) in [4.78, 5) is 30.5. The maximum atomic E-state index is 12.9. The number of pyridine rings is 1. The maximum absolute atomic E-state index is 12.9. The molecule has 2 amide bonds. The van der Waals surface area contributed by atoms with Gasteiger partial charge in [0.15, 0.2) is 0 Å². The lowest BCUT2D eigenvalue weighted by Crippen LogP contribution is -2.48. The number of rotatable bonds is 3. The third kappa shape index (κ3) is 2.91. The van der Waals surface area contributed by atoms with Gasteiger partial charge in [-0.25, -0.2) is 4.98 Å². The smallest absolute Gasteiger partial charge is 0.272 e. The molecule has 0 saturated carbocycles. The first-order chi connectivity index (χ1) is 11.5. The van der Waals surface area contributed by atoms with Crippen molar-refractivity contribution >= 4 is 22.6 Å². The van der Waals surface area contributed by atoms with E-state index in [4.69, 9.17) is 10.5 Å². The monoisotopic (exact) mass is 327 g/mol. The van der Waals surface area contributed by atoms with Crippen LogP contribution in [-0.2, 0) is 4.79 Å². The largest absolute Gasteiger partial charge is 0.481 e. The van der Waals surface area contributed by atoms with Crippen LogP contribution in [0.5, 0.6) is 5.88 Å². The Labute approximate surface area is 140 Å². The number of ether oxygens (including phenoxy) is 1. The summed E-state index contributed by atoms with van der Waals surface area (Å²) < 4.78 is 5.34. The summed E-state index contributed by atoms with van der Waals surface area (Å²) in [5, 5.41) is 1.75. The molecule has 0 unspecified atom stereocenters. The normalized spacial score (nSPS) is 20.8. The standard InChI is InChI=1S/C18H21N3O3/c1-11-7-8-13(16(19)22)10-21(11)18(23)15-9-12-5-3-4-6-14(12)17(20-15)24-2/h3-6,9,11,13H,7-8,10H2,1-2H3,(H2,19,22)/t11-,13+/m1/s1. The number of nitrogens with two attached hydrogens (primary N) is 1. The lowest BCUT2D eigenvalue weighted by Gasteiger charge is -2.36. The number of piperidine rings is 1. The van der Waals surface area contributed by atoms with E-state index in [-0.39, 0.29) is 23.8 Å². The van der Waals surface area contributed by atoms with E-state index in [0.717, 1.165) is 23.6 Å². The van der Waals surface area contributed by atoms with Gasteiger partial charge in [0.25, 0.3) is 5.91 Å². The van der Waals surface area contributed by atoms with Crippen molar-refractivity contribution in [1.29, 1.82) is 0 Å². The number of methoxy groups -OCH3 is 1. The second-order valence-corrected chi connectivity index (χ2v) is 6.22. The summed E-state index contributed by atoms with van der Waals surface area (Å²) >= 11 is 0. The molecule has 2 heterocycles. The molecule has 1 saturated heterocycles. The molecule has 1 aliphatic rings. The zero-order valence-electron chi connectivity index (χ0n) is 13.9. The summed E-state index contributed by atoms with van der Waals surface area (Å²) in [7, 11) is 1.54. The number of carbonyl (C=O) groups is 2. The van der Waals surface area contributed by atoms with Crippen molar-refractivity contribution < 1.29 is 14.3 Å². The number of likely N-dealkylation sites (tertiary alicyclic amines) is 1. The van der Waals surface area contributed by atoms with Gasteiger partial charge in [0, 0.05) is 18.0 Å². The molecule has 126 valence electrons. The van der Waals surface area contributed by atoms with Gasteiger partial charge in [-0.05, 0) is 37.3 Å². The SMILES string of the molecule is COc1nc(C(=O)N2C[C@@H](C(N)=O)CC[C@H]2C)cc2ccccc12. The van der Waals surface area contributed by atoms with Crippen LogP contribution in [0, 0.1) is 5.92 Å². The van der Waals surface area contributed by atoms with Gasteiger partial charge in [-0.15, -0.1) is 0 Å². The quantitative estimate of drug-likeness (QED) is 0.934. The van der Waals surface area contributed by atoms with Crippen molar-refractivity contribution in [2.45, 2.75) is 25.8 Å². The van der Waals surface area contributed by atoms with Crippen molar-refractivity contribution in [1.82, 2.24) is 9.88 Å². The van der Waals surface area contributed by atoms with Crippen LogP contribution in [0.25, 0.3) is 10.8 Å². The van der Waals surface area contributed by atoms with E-state index in [9.17, 15) is 9.59 Å². The number of hydrogen-bond acceptors (Lipinski definition) is 4. The van der Waals surface area contributed by atoms with E-state index in [0.29, 0.717) is 18.1 Å². The first-order valence-corrected chi connectivity index (χ1v) is 8.05. The number of aromatic nitrogens is 1. The Morgan fingerprint density at radius 3 is 2.75 bits per heavy atom. The molecule has 3 rings (SSSR count). The number of benzene rings is 1. The average molecular weight is 327 g/mol. The van der Waals surface area contributed by atoms with Gasteiger partial charge >= 0.3 is 0 Å². The van der Waals surface area contributed by atoms with E-state index < -0.39 is 0 Å². The Bertz CT molecular complexity index is 790. The van der Waals surface area contributed by atoms with E-state index in [1.165, 1.54) is 7.11 Å². The van der Waals surface area contributed by atoms with Crippen LogP contribution in [0.4, 0.5) is 0 Å². The number of primary amides is 1. The molecule has 2 aromatic rings. The van der Waals surface area contributed by atoms with Gasteiger partial charge < -0.3 is 15.4 Å². The highest BCUT2D eigenvalue weighted by Gasteiger charge is 2.32. The Kier molecular flexibility index (Phi) is 4.38. The number of fused-ring (bicyclic) bond motifs is 1. The third-order valence-electron chi connectivity index (χ3n) is 4.66. The predicted octanol–water partition coefficient (Wildman–Crippen LogP) is 1.97. The number of carbonyl (C=O) groups excluding carboxylic acids is 2. The second-order valence-electron chi connectivity index (χ2n) is 6.22. The molecule has 2 N–H and O–H groups in total. The molecule has 0 radical (unpaired) electrons. The predicted molar refractivity (Wildman–Crippen MR) is 90.7 cm³/mol. The summed E-state index contributed by atoms with van der Waals surface area (Å²) in [6.07, 6.45) is 1.47. The molecular weight excluding hydrogens is 306 g/mol. The van der Waals surface area contributed by atoms with Crippen molar-refractivity contribution in [3.05, 3.63) is 36.0 Å². The summed E-state index contributed by atoms with van der Waals surface area (Å²) in [6.45, 7) is 2.32. The topological polar surface area (TPSA) is 85.5 Å². The Balaban J connectivity index is 1.97. The highest BCUT2D eigenvalue weighted by atomic mass is 16.5. The van der Waals surface area contributed by atoms with E-state index in [2.05, 4.69) is 4.98 Å². The van der Waals surface area contributed by atoms with Crippen LogP contribution in [-0.4, -0.2) is 41.4 Å². The molecule has 6 nitrogen and oxygen atoms in total. The summed E-state index contributed by atoms with van der Waals surface area (Å²) in [5.74, 6) is -0.429. The molecule has 24 heavy (non-hydrogen) atoms. The fourth-order valence-electron chi connectivity index (χ4n) is 3.20. The van der Waals surface area contributed by atoms with Gasteiger partial charge in [0.1, 0.15) is 5.69 Å². The third-order valence-corrected chi connectivity index (χ3v) is 4.66. The van der Waals surface area contributed by atoms with Gasteiger partial charge in [-0.2, -0.15) is 0 Å². The highest BCUT2D eigenvalue weighted by Crippen LogP contribution is 2.27. The lowest BCUT2D eigenvalue weighted by atomic mass is 9.92. The molecular formula is C18H21N3O3. The number of hydrogen-bond donors (Lipinski definition) is 1. The van der Waals surface area contributed by atoms with Crippen LogP contribution in [0.3, 0.4) is 0 Å². The highest BCUT2D eigenvalue weighted by molar-refractivity contribution is 5.98. The molecule has 0 spiro atoms. The van der Waals surface area contributed by atoms with Gasteiger partial charge in [-0.3, -0.25) is 9.59 Å². The molecule has 0 aliphatic carbocycles. The molecule has 6 heteroatoms. The molecule has 2 atom stereocenters. The van der Waals surface area contributed by atoms with E-state index in [1.54, 1.807) is 11.0 Å². The van der Waals surface area contributed by atoms with Gasteiger partial charge in [-0.1, -0.05) is 18.2 Å². The number of nitrogens with zero attached hydrogens (tertiary/aromatic N) is 2. The lowest BCUT2D eigenvalue weighted by molar-refractivity contribution is -0.123. The van der Waals surface area contributed by atoms with Gasteiger partial charge in [0.05, 0.1) is 13.0 Å². The van der Waals surface area contributed by atoms with E-state index >= 15 is 0 Å². The summed E-state index contributed by atoms with van der Waals surface area (Å²) in [5.41, 5.74) is 5.74. The fourth-order valence-corrected chi connectivity index (χ4v) is 3.20. The van der Waals surface area contributed by atoms with E-state index in [1.807, 2.05) is 31.2 Å². The fraction of sp³-hybridized carbons (Fsp3) is 0.389. The van der Waals surface area contributed by atoms with Crippen LogP contribution < -0.4 is 10.5 Å². The van der Waals surface area contributed by atoms with Crippen LogP contribution in [0.2, 0.25) is 0 Å². The maximum Gasteiger partial charge on any atom is 0.272 e. The van der Waals surface area contributed by atoms with Gasteiger partial charge in [0.2, 0.25) is 11.8 Å². The average Bonchev–Trinajstić information content (AvgIpc) is 2.60. The Hall–Kier alpha value is -2.63. The minimum atomic E-state index is -0.358. The van der Waals surface area contributed by atoms with Crippen molar-refractivity contribution in [3.63, 3.8) is 0 Å². The van der Waals surface area contributed by atoms with Crippen LogP contribution in [0.15, 0.2) is 30.3 Å². The van der Waals surface area contributed by atoms with Crippen LogP contribution in [0.1, 0.15) is 30.3 Å². The Morgan fingerprint density at radius 1 is 1.29 bits per heavy atom. The molecule has 1 fully saturated rings. The molecule has 1 aliphatic heterocycles. The van der Waals surface area contributed by atoms with Crippen molar-refractivity contribution in [3.8, 4) is 5.88 Å². The van der Waals surface area contributed by atoms with Crippen LogP contribution >= 0.6 is 0 Å². The first-order valence-electron chi connectivity index (χ1n) is 8.05. The Morgan fingerprint density at radius 2 is 2.04 bits per heavy atom.